The quantitative estimate of drug-likeness (QED) is 0.686. The van der Waals surface area contributed by atoms with Crippen molar-refractivity contribution >= 4 is 21.6 Å². The Balaban J connectivity index is 2.67. The van der Waals surface area contributed by atoms with E-state index in [0.717, 1.165) is 5.69 Å². The highest BCUT2D eigenvalue weighted by atomic mass is 79.9. The lowest BCUT2D eigenvalue weighted by molar-refractivity contribution is 0.626. The molecule has 0 amide bonds. The monoisotopic (exact) mass is 228 g/mol. The average molecular weight is 229 g/mol. The van der Waals surface area contributed by atoms with Crippen LogP contribution in [0.2, 0.25) is 0 Å². The molecule has 4 heteroatoms. The Bertz CT molecular complexity index is 410. The van der Waals surface area contributed by atoms with Crippen molar-refractivity contribution in [2.45, 2.75) is 5.33 Å². The van der Waals surface area contributed by atoms with Gasteiger partial charge in [0, 0.05) is 23.8 Å². The van der Waals surface area contributed by atoms with Crippen LogP contribution in [0.15, 0.2) is 24.5 Å². The van der Waals surface area contributed by atoms with E-state index in [0.29, 0.717) is 11.0 Å². The maximum Gasteiger partial charge on any atom is 0.139 e. The van der Waals surface area contributed by atoms with Gasteiger partial charge in [0.15, 0.2) is 0 Å². The molecule has 0 bridgehead atoms. The highest BCUT2D eigenvalue weighted by molar-refractivity contribution is 9.08. The summed E-state index contributed by atoms with van der Waals surface area (Å²) in [6.45, 7) is 0. The fourth-order valence-electron chi connectivity index (χ4n) is 1.07. The standard InChI is InChI=1S/C8H6BrFN2/c9-4-7-5-12-2-1-6(10)3-8(12)11-7/h1-3,5H,4H2. The molecule has 0 aromatic carbocycles. The van der Waals surface area contributed by atoms with Crippen molar-refractivity contribution < 1.29 is 4.39 Å². The predicted octanol–water partition coefficient (Wildman–Crippen LogP) is 2.37. The number of pyridine rings is 1. The fourth-order valence-corrected chi connectivity index (χ4v) is 1.34. The minimum Gasteiger partial charge on any atom is -0.307 e. The molecule has 0 unspecified atom stereocenters. The second-order valence-electron chi connectivity index (χ2n) is 2.48. The van der Waals surface area contributed by atoms with E-state index < -0.39 is 0 Å². The summed E-state index contributed by atoms with van der Waals surface area (Å²) in [5, 5.41) is 0.691. The molecule has 0 aliphatic carbocycles. The molecule has 2 heterocycles. The molecule has 0 radical (unpaired) electrons. The summed E-state index contributed by atoms with van der Waals surface area (Å²) in [4.78, 5) is 4.17. The van der Waals surface area contributed by atoms with Crippen molar-refractivity contribution in [2.24, 2.45) is 0 Å². The van der Waals surface area contributed by atoms with Crippen LogP contribution in [0.4, 0.5) is 4.39 Å². The Morgan fingerprint density at radius 3 is 3.17 bits per heavy atom. The van der Waals surface area contributed by atoms with E-state index in [1.807, 2.05) is 6.20 Å². The van der Waals surface area contributed by atoms with E-state index in [-0.39, 0.29) is 5.82 Å². The van der Waals surface area contributed by atoms with Crippen LogP contribution in [0, 0.1) is 5.82 Å². The molecule has 0 saturated heterocycles. The third-order valence-corrected chi connectivity index (χ3v) is 2.18. The molecule has 62 valence electrons. The lowest BCUT2D eigenvalue weighted by Crippen LogP contribution is -1.82. The van der Waals surface area contributed by atoms with Crippen molar-refractivity contribution in [1.29, 1.82) is 0 Å². The van der Waals surface area contributed by atoms with Gasteiger partial charge in [-0.05, 0) is 6.07 Å². The number of alkyl halides is 1. The summed E-state index contributed by atoms with van der Waals surface area (Å²) in [7, 11) is 0. The lowest BCUT2D eigenvalue weighted by Gasteiger charge is -1.90. The summed E-state index contributed by atoms with van der Waals surface area (Å²) < 4.78 is 14.5. The van der Waals surface area contributed by atoms with Gasteiger partial charge in [-0.25, -0.2) is 9.37 Å². The first-order valence-electron chi connectivity index (χ1n) is 3.49. The van der Waals surface area contributed by atoms with Crippen molar-refractivity contribution in [3.63, 3.8) is 0 Å². The molecule has 0 aliphatic rings. The van der Waals surface area contributed by atoms with Gasteiger partial charge in [-0.15, -0.1) is 0 Å². The van der Waals surface area contributed by atoms with E-state index in [4.69, 9.17) is 0 Å². The first-order valence-corrected chi connectivity index (χ1v) is 4.61. The van der Waals surface area contributed by atoms with Gasteiger partial charge in [-0.1, -0.05) is 15.9 Å². The summed E-state index contributed by atoms with van der Waals surface area (Å²) in [5.74, 6) is -0.255. The molecule has 0 saturated carbocycles. The Morgan fingerprint density at radius 2 is 2.42 bits per heavy atom. The summed E-state index contributed by atoms with van der Waals surface area (Å²) in [5.41, 5.74) is 1.55. The molecule has 0 fully saturated rings. The molecule has 0 N–H and O–H groups in total. The van der Waals surface area contributed by atoms with Gasteiger partial charge >= 0.3 is 0 Å². The number of halogens is 2. The lowest BCUT2D eigenvalue weighted by atomic mass is 10.4. The third kappa shape index (κ3) is 1.22. The van der Waals surface area contributed by atoms with E-state index >= 15 is 0 Å². The van der Waals surface area contributed by atoms with Gasteiger partial charge in [0.1, 0.15) is 11.5 Å². The van der Waals surface area contributed by atoms with Crippen molar-refractivity contribution in [1.82, 2.24) is 9.38 Å². The Hall–Kier alpha value is -0.900. The van der Waals surface area contributed by atoms with Gasteiger partial charge in [0.2, 0.25) is 0 Å². The highest BCUT2D eigenvalue weighted by Gasteiger charge is 1.99. The molecule has 0 aliphatic heterocycles. The first kappa shape index (κ1) is 7.73. The van der Waals surface area contributed by atoms with Crippen LogP contribution in [-0.2, 0) is 5.33 Å². The average Bonchev–Trinajstić information content (AvgIpc) is 2.46. The first-order chi connectivity index (χ1) is 5.79. The summed E-state index contributed by atoms with van der Waals surface area (Å²) >= 11 is 3.28. The third-order valence-electron chi connectivity index (χ3n) is 1.61. The number of fused-ring (bicyclic) bond motifs is 1. The van der Waals surface area contributed by atoms with Crippen molar-refractivity contribution in [3.8, 4) is 0 Å². The molecule has 0 spiro atoms. The molecular formula is C8H6BrFN2. The number of aromatic nitrogens is 2. The van der Waals surface area contributed by atoms with E-state index in [9.17, 15) is 4.39 Å². The van der Waals surface area contributed by atoms with Crippen LogP contribution in [-0.4, -0.2) is 9.38 Å². The zero-order chi connectivity index (χ0) is 8.55. The summed E-state index contributed by atoms with van der Waals surface area (Å²) in [6, 6.07) is 2.82. The Labute approximate surface area is 77.2 Å². The van der Waals surface area contributed by atoms with Crippen molar-refractivity contribution in [3.05, 3.63) is 36.0 Å². The number of hydrogen-bond donors (Lipinski definition) is 0. The van der Waals surface area contributed by atoms with Gasteiger partial charge < -0.3 is 4.40 Å². The molecule has 2 nitrogen and oxygen atoms in total. The van der Waals surface area contributed by atoms with Gasteiger partial charge in [0.05, 0.1) is 5.69 Å². The van der Waals surface area contributed by atoms with Gasteiger partial charge in [-0.3, -0.25) is 0 Å². The largest absolute Gasteiger partial charge is 0.307 e. The maximum atomic E-state index is 12.7. The zero-order valence-corrected chi connectivity index (χ0v) is 7.75. The zero-order valence-electron chi connectivity index (χ0n) is 6.17. The Kier molecular flexibility index (Phi) is 1.84. The number of rotatable bonds is 1. The minimum atomic E-state index is -0.255. The number of nitrogens with zero attached hydrogens (tertiary/aromatic N) is 2. The normalized spacial score (nSPS) is 10.8. The number of hydrogen-bond acceptors (Lipinski definition) is 1. The van der Waals surface area contributed by atoms with Crippen LogP contribution < -0.4 is 0 Å². The molecule has 2 aromatic rings. The molecule has 2 aromatic heterocycles. The van der Waals surface area contributed by atoms with E-state index in [1.54, 1.807) is 10.6 Å². The van der Waals surface area contributed by atoms with E-state index in [2.05, 4.69) is 20.9 Å². The Morgan fingerprint density at radius 1 is 1.58 bits per heavy atom. The molecule has 2 rings (SSSR count). The summed E-state index contributed by atoms with van der Waals surface area (Å²) in [6.07, 6.45) is 3.52. The van der Waals surface area contributed by atoms with Crippen LogP contribution in [0.25, 0.3) is 5.65 Å². The fraction of sp³-hybridized carbons (Fsp3) is 0.125. The topological polar surface area (TPSA) is 17.3 Å². The molecule has 12 heavy (non-hydrogen) atoms. The van der Waals surface area contributed by atoms with Crippen LogP contribution in [0.3, 0.4) is 0 Å². The van der Waals surface area contributed by atoms with Crippen LogP contribution in [0.1, 0.15) is 5.69 Å². The van der Waals surface area contributed by atoms with Crippen LogP contribution >= 0.6 is 15.9 Å². The second kappa shape index (κ2) is 2.86. The molecular weight excluding hydrogens is 223 g/mol. The van der Waals surface area contributed by atoms with Crippen molar-refractivity contribution in [2.75, 3.05) is 0 Å². The van der Waals surface area contributed by atoms with Gasteiger partial charge in [-0.2, -0.15) is 0 Å². The predicted molar refractivity (Wildman–Crippen MR) is 47.8 cm³/mol. The van der Waals surface area contributed by atoms with Gasteiger partial charge in [0.25, 0.3) is 0 Å². The maximum absolute atomic E-state index is 12.7. The smallest absolute Gasteiger partial charge is 0.139 e. The van der Waals surface area contributed by atoms with Crippen LogP contribution in [0.5, 0.6) is 0 Å². The van der Waals surface area contributed by atoms with E-state index in [1.165, 1.54) is 12.1 Å². The second-order valence-corrected chi connectivity index (χ2v) is 3.04. The SMILES string of the molecule is Fc1ccn2cc(CBr)nc2c1. The number of imidazole rings is 1. The minimum absolute atomic E-state index is 0.255. The molecule has 0 atom stereocenters. The highest BCUT2D eigenvalue weighted by Crippen LogP contribution is 2.09.